The molecule has 0 heterocycles. The summed E-state index contributed by atoms with van der Waals surface area (Å²) in [6.45, 7) is 10.6. The van der Waals surface area contributed by atoms with E-state index in [2.05, 4.69) is 22.6 Å². The average Bonchev–Trinajstić information content (AvgIpc) is 2.36. The SMILES string of the molecule is C=CC(=O)OCC(C)O.C=CC(=O)OCCCC. The summed E-state index contributed by atoms with van der Waals surface area (Å²) in [6.07, 6.45) is 3.61. The largest absolute Gasteiger partial charge is 0.463 e. The Morgan fingerprint density at radius 1 is 1.22 bits per heavy atom. The zero-order valence-electron chi connectivity index (χ0n) is 11.1. The molecular formula is C13H22O5. The molecule has 0 spiro atoms. The van der Waals surface area contributed by atoms with Gasteiger partial charge in [-0.2, -0.15) is 0 Å². The number of esters is 2. The fourth-order valence-corrected chi connectivity index (χ4v) is 0.638. The number of unbranched alkanes of at least 4 members (excludes halogenated alkanes) is 1. The van der Waals surface area contributed by atoms with Crippen LogP contribution in [-0.4, -0.2) is 36.4 Å². The lowest BCUT2D eigenvalue weighted by molar-refractivity contribution is -0.140. The van der Waals surface area contributed by atoms with Crippen molar-refractivity contribution in [1.82, 2.24) is 0 Å². The quantitative estimate of drug-likeness (QED) is 0.426. The van der Waals surface area contributed by atoms with E-state index in [1.54, 1.807) is 0 Å². The third kappa shape index (κ3) is 16.8. The van der Waals surface area contributed by atoms with Gasteiger partial charge in [-0.1, -0.05) is 26.5 Å². The Labute approximate surface area is 108 Å². The number of aliphatic hydroxyl groups is 1. The smallest absolute Gasteiger partial charge is 0.330 e. The fourth-order valence-electron chi connectivity index (χ4n) is 0.638. The van der Waals surface area contributed by atoms with Crippen molar-refractivity contribution in [2.24, 2.45) is 0 Å². The second kappa shape index (κ2) is 13.4. The van der Waals surface area contributed by atoms with Crippen LogP contribution in [0.2, 0.25) is 0 Å². The first-order chi connectivity index (χ1) is 8.47. The molecule has 1 atom stereocenters. The third-order valence-corrected chi connectivity index (χ3v) is 1.54. The maximum absolute atomic E-state index is 10.3. The zero-order chi connectivity index (χ0) is 14.4. The summed E-state index contributed by atoms with van der Waals surface area (Å²) in [7, 11) is 0. The summed E-state index contributed by atoms with van der Waals surface area (Å²) in [5.74, 6) is -0.834. The number of hydrogen-bond acceptors (Lipinski definition) is 5. The highest BCUT2D eigenvalue weighted by molar-refractivity contribution is 5.81. The summed E-state index contributed by atoms with van der Waals surface area (Å²) in [6, 6.07) is 0. The van der Waals surface area contributed by atoms with Crippen LogP contribution in [0.15, 0.2) is 25.3 Å². The first-order valence-corrected chi connectivity index (χ1v) is 5.74. The summed E-state index contributed by atoms with van der Waals surface area (Å²) in [5.41, 5.74) is 0. The summed E-state index contributed by atoms with van der Waals surface area (Å²) < 4.78 is 9.12. The second-order valence-corrected chi connectivity index (χ2v) is 3.41. The van der Waals surface area contributed by atoms with Crippen LogP contribution in [0.4, 0.5) is 0 Å². The summed E-state index contributed by atoms with van der Waals surface area (Å²) in [4.78, 5) is 20.6. The molecule has 0 aliphatic rings. The van der Waals surface area contributed by atoms with E-state index in [1.807, 2.05) is 6.92 Å². The van der Waals surface area contributed by atoms with Gasteiger partial charge in [0.15, 0.2) is 0 Å². The Balaban J connectivity index is 0. The average molecular weight is 258 g/mol. The van der Waals surface area contributed by atoms with Crippen molar-refractivity contribution in [1.29, 1.82) is 0 Å². The number of hydrogen-bond donors (Lipinski definition) is 1. The molecule has 0 aromatic carbocycles. The fraction of sp³-hybridized carbons (Fsp3) is 0.538. The van der Waals surface area contributed by atoms with Crippen molar-refractivity contribution in [3.8, 4) is 0 Å². The lowest BCUT2D eigenvalue weighted by Crippen LogP contribution is -2.13. The van der Waals surface area contributed by atoms with Gasteiger partial charge < -0.3 is 14.6 Å². The van der Waals surface area contributed by atoms with Crippen molar-refractivity contribution in [3.05, 3.63) is 25.3 Å². The molecule has 5 nitrogen and oxygen atoms in total. The van der Waals surface area contributed by atoms with Crippen LogP contribution >= 0.6 is 0 Å². The number of rotatable bonds is 7. The first-order valence-electron chi connectivity index (χ1n) is 5.74. The molecule has 0 aromatic heterocycles. The monoisotopic (exact) mass is 258 g/mol. The first kappa shape index (κ1) is 18.7. The van der Waals surface area contributed by atoms with Crippen LogP contribution < -0.4 is 0 Å². The molecule has 0 amide bonds. The Morgan fingerprint density at radius 3 is 2.11 bits per heavy atom. The minimum absolute atomic E-state index is 0.0326. The van der Waals surface area contributed by atoms with Crippen LogP contribution in [0.1, 0.15) is 26.7 Å². The van der Waals surface area contributed by atoms with E-state index in [-0.39, 0.29) is 12.6 Å². The van der Waals surface area contributed by atoms with Crippen LogP contribution in [0.25, 0.3) is 0 Å². The number of carbonyl (C=O) groups is 2. The van der Waals surface area contributed by atoms with E-state index in [1.165, 1.54) is 13.0 Å². The van der Waals surface area contributed by atoms with E-state index in [4.69, 9.17) is 5.11 Å². The minimum Gasteiger partial charge on any atom is -0.463 e. The molecular weight excluding hydrogens is 236 g/mol. The van der Waals surface area contributed by atoms with E-state index in [0.717, 1.165) is 18.9 Å². The van der Waals surface area contributed by atoms with E-state index >= 15 is 0 Å². The molecule has 0 aliphatic carbocycles. The molecule has 0 aromatic rings. The Morgan fingerprint density at radius 2 is 1.72 bits per heavy atom. The van der Waals surface area contributed by atoms with Gasteiger partial charge in [-0.15, -0.1) is 0 Å². The molecule has 0 bridgehead atoms. The molecule has 0 aliphatic heterocycles. The Kier molecular flexibility index (Phi) is 14.0. The van der Waals surface area contributed by atoms with Gasteiger partial charge in [0.25, 0.3) is 0 Å². The summed E-state index contributed by atoms with van der Waals surface area (Å²) >= 11 is 0. The number of ether oxygens (including phenoxy) is 2. The van der Waals surface area contributed by atoms with Crippen LogP contribution in [-0.2, 0) is 19.1 Å². The second-order valence-electron chi connectivity index (χ2n) is 3.41. The van der Waals surface area contributed by atoms with Crippen molar-refractivity contribution in [2.45, 2.75) is 32.8 Å². The van der Waals surface area contributed by atoms with Crippen LogP contribution in [0.3, 0.4) is 0 Å². The molecule has 18 heavy (non-hydrogen) atoms. The standard InChI is InChI=1S/C7H12O2.C6H10O3/c1-3-5-6-9-7(8)4-2;1-3-6(8)9-4-5(2)7/h4H,2-3,5-6H2,1H3;3,5,7H,1,4H2,2H3. The van der Waals surface area contributed by atoms with Gasteiger partial charge >= 0.3 is 11.9 Å². The zero-order valence-corrected chi connectivity index (χ0v) is 11.1. The lowest BCUT2D eigenvalue weighted by atomic mass is 10.4. The molecule has 0 radical (unpaired) electrons. The minimum atomic E-state index is -0.603. The highest BCUT2D eigenvalue weighted by Gasteiger charge is 1.98. The van der Waals surface area contributed by atoms with Gasteiger partial charge in [-0.05, 0) is 13.3 Å². The van der Waals surface area contributed by atoms with Crippen molar-refractivity contribution < 1.29 is 24.2 Å². The Bertz CT molecular complexity index is 258. The van der Waals surface area contributed by atoms with E-state index in [0.29, 0.717) is 6.61 Å². The third-order valence-electron chi connectivity index (χ3n) is 1.54. The molecule has 5 heteroatoms. The van der Waals surface area contributed by atoms with Crippen molar-refractivity contribution >= 4 is 11.9 Å². The number of aliphatic hydroxyl groups excluding tert-OH is 1. The molecule has 0 saturated heterocycles. The maximum atomic E-state index is 10.3. The maximum Gasteiger partial charge on any atom is 0.330 e. The van der Waals surface area contributed by atoms with Gasteiger partial charge in [-0.3, -0.25) is 0 Å². The van der Waals surface area contributed by atoms with E-state index < -0.39 is 12.1 Å². The lowest BCUT2D eigenvalue weighted by Gasteiger charge is -2.02. The summed E-state index contributed by atoms with van der Waals surface area (Å²) in [5, 5.41) is 8.59. The van der Waals surface area contributed by atoms with Crippen LogP contribution in [0.5, 0.6) is 0 Å². The highest BCUT2D eigenvalue weighted by Crippen LogP contribution is 1.88. The molecule has 1 N–H and O–H groups in total. The molecule has 0 rings (SSSR count). The predicted molar refractivity (Wildman–Crippen MR) is 68.9 cm³/mol. The highest BCUT2D eigenvalue weighted by atomic mass is 16.5. The van der Waals surface area contributed by atoms with Gasteiger partial charge in [0.2, 0.25) is 0 Å². The van der Waals surface area contributed by atoms with E-state index in [9.17, 15) is 9.59 Å². The predicted octanol–water partition coefficient (Wildman–Crippen LogP) is 1.61. The van der Waals surface area contributed by atoms with Gasteiger partial charge in [-0.25, -0.2) is 9.59 Å². The van der Waals surface area contributed by atoms with Gasteiger partial charge in [0.05, 0.1) is 12.7 Å². The number of carbonyl (C=O) groups excluding carboxylic acids is 2. The van der Waals surface area contributed by atoms with Crippen molar-refractivity contribution in [3.63, 3.8) is 0 Å². The molecule has 0 saturated carbocycles. The normalized spacial score (nSPS) is 10.4. The van der Waals surface area contributed by atoms with Crippen molar-refractivity contribution in [2.75, 3.05) is 13.2 Å². The molecule has 0 fully saturated rings. The molecule has 104 valence electrons. The topological polar surface area (TPSA) is 72.8 Å². The molecule has 1 unspecified atom stereocenters. The Hall–Kier alpha value is -1.62. The van der Waals surface area contributed by atoms with Gasteiger partial charge in [0.1, 0.15) is 6.61 Å². The van der Waals surface area contributed by atoms with Gasteiger partial charge in [0, 0.05) is 12.2 Å². The van der Waals surface area contributed by atoms with Crippen LogP contribution in [0, 0.1) is 0 Å².